The Bertz CT molecular complexity index is 930. The summed E-state index contributed by atoms with van der Waals surface area (Å²) < 4.78 is 0. The van der Waals surface area contributed by atoms with Gasteiger partial charge < -0.3 is 16.0 Å². The summed E-state index contributed by atoms with van der Waals surface area (Å²) in [4.78, 5) is 15.8. The van der Waals surface area contributed by atoms with Gasteiger partial charge in [-0.1, -0.05) is 13.2 Å². The lowest BCUT2D eigenvalue weighted by Gasteiger charge is -2.30. The zero-order valence-electron chi connectivity index (χ0n) is 14.9. The van der Waals surface area contributed by atoms with Gasteiger partial charge in [0, 0.05) is 47.9 Å². The van der Waals surface area contributed by atoms with E-state index in [1.165, 1.54) is 0 Å². The van der Waals surface area contributed by atoms with E-state index in [-0.39, 0.29) is 6.04 Å². The van der Waals surface area contributed by atoms with Crippen molar-refractivity contribution in [3.05, 3.63) is 54.5 Å². The zero-order chi connectivity index (χ0) is 18.3. The van der Waals surface area contributed by atoms with Gasteiger partial charge >= 0.3 is 0 Å². The normalized spacial score (nSPS) is 16.6. The molecule has 0 radical (unpaired) electrons. The lowest BCUT2D eigenvalue weighted by atomic mass is 9.97. The van der Waals surface area contributed by atoms with Crippen molar-refractivity contribution in [1.29, 1.82) is 0 Å². The summed E-state index contributed by atoms with van der Waals surface area (Å²) in [6, 6.07) is 3.89. The fourth-order valence-corrected chi connectivity index (χ4v) is 3.59. The van der Waals surface area contributed by atoms with E-state index in [9.17, 15) is 0 Å². The minimum atomic E-state index is -0.0484. The molecule has 2 aliphatic heterocycles. The van der Waals surface area contributed by atoms with Crippen molar-refractivity contribution in [2.45, 2.75) is 25.8 Å². The number of fused-ring (bicyclic) bond motifs is 2. The first-order chi connectivity index (χ1) is 12.6. The second kappa shape index (κ2) is 6.29. The highest BCUT2D eigenvalue weighted by molar-refractivity contribution is 6.00. The highest BCUT2D eigenvalue weighted by Crippen LogP contribution is 2.42. The van der Waals surface area contributed by atoms with Crippen LogP contribution in [0, 0.1) is 0 Å². The average Bonchev–Trinajstić information content (AvgIpc) is 3.11. The van der Waals surface area contributed by atoms with Crippen molar-refractivity contribution in [3.8, 4) is 0 Å². The van der Waals surface area contributed by atoms with Crippen molar-refractivity contribution in [2.75, 3.05) is 17.6 Å². The van der Waals surface area contributed by atoms with Crippen LogP contribution in [-0.2, 0) is 0 Å². The van der Waals surface area contributed by atoms with Crippen molar-refractivity contribution >= 4 is 34.8 Å². The third-order valence-corrected chi connectivity index (χ3v) is 4.87. The number of aromatic nitrogens is 2. The molecule has 6 heteroatoms. The molecule has 0 aliphatic carbocycles. The second-order valence-electron chi connectivity index (χ2n) is 6.60. The molecule has 1 unspecified atom stereocenters. The smallest absolute Gasteiger partial charge is 0.152 e. The Balaban J connectivity index is 1.76. The molecule has 2 aromatic rings. The van der Waals surface area contributed by atoms with Crippen LogP contribution >= 0.6 is 0 Å². The number of nitrogen functional groups attached to an aromatic ring is 1. The van der Waals surface area contributed by atoms with Gasteiger partial charge in [-0.3, -0.25) is 4.98 Å². The molecule has 0 amide bonds. The van der Waals surface area contributed by atoms with Gasteiger partial charge in [-0.15, -0.1) is 0 Å². The summed E-state index contributed by atoms with van der Waals surface area (Å²) in [7, 11) is 0. The van der Waals surface area contributed by atoms with Gasteiger partial charge in [0.2, 0.25) is 0 Å². The number of hydrogen-bond acceptors (Lipinski definition) is 6. The molecule has 132 valence electrons. The maximum absolute atomic E-state index is 6.19. The van der Waals surface area contributed by atoms with Gasteiger partial charge in [-0.2, -0.15) is 0 Å². The van der Waals surface area contributed by atoms with Gasteiger partial charge in [-0.05, 0) is 31.6 Å². The fraction of sp³-hybridized carbons (Fsp3) is 0.250. The van der Waals surface area contributed by atoms with Crippen LogP contribution in [0.25, 0.3) is 11.8 Å². The average molecular weight is 346 g/mol. The first-order valence-electron chi connectivity index (χ1n) is 8.76. The maximum atomic E-state index is 6.19. The van der Waals surface area contributed by atoms with Crippen molar-refractivity contribution in [1.82, 2.24) is 14.9 Å². The number of benzene rings is 1. The second-order valence-corrected chi connectivity index (χ2v) is 6.60. The largest absolute Gasteiger partial charge is 0.399 e. The summed E-state index contributed by atoms with van der Waals surface area (Å²) >= 11 is 0. The third kappa shape index (κ3) is 2.63. The number of nitrogens with zero attached hydrogens (tertiary/aromatic N) is 4. The number of aliphatic imine (C=N–C) groups is 1. The van der Waals surface area contributed by atoms with E-state index in [4.69, 9.17) is 10.7 Å². The van der Waals surface area contributed by atoms with Gasteiger partial charge in [-0.25, -0.2) is 9.98 Å². The molecule has 0 bridgehead atoms. The molecule has 3 N–H and O–H groups in total. The quantitative estimate of drug-likeness (QED) is 0.819. The highest BCUT2D eigenvalue weighted by atomic mass is 15.2. The van der Waals surface area contributed by atoms with Crippen LogP contribution in [0.3, 0.4) is 0 Å². The van der Waals surface area contributed by atoms with E-state index in [0.717, 1.165) is 53.4 Å². The standard InChI is InChI=1S/C20H22N6/c1-4-17-20(23-8-7-22-17)24-12(2)15-10-14(21)11-16-13(3)26-9-5-6-18(26)25-19(15)16/h4,7-8,10-12H,1,3,5-6,9,21H2,2H3,(H,23,24). The molecule has 0 spiro atoms. The molecular weight excluding hydrogens is 324 g/mol. The summed E-state index contributed by atoms with van der Waals surface area (Å²) in [6.07, 6.45) is 7.09. The van der Waals surface area contributed by atoms with Crippen LogP contribution in [0.1, 0.15) is 42.6 Å². The predicted octanol–water partition coefficient (Wildman–Crippen LogP) is 3.99. The Kier molecular flexibility index (Phi) is 3.95. The van der Waals surface area contributed by atoms with Gasteiger partial charge in [0.15, 0.2) is 5.82 Å². The van der Waals surface area contributed by atoms with Crippen LogP contribution in [0.2, 0.25) is 0 Å². The minimum absolute atomic E-state index is 0.0484. The van der Waals surface area contributed by atoms with Gasteiger partial charge in [0.25, 0.3) is 0 Å². The van der Waals surface area contributed by atoms with Gasteiger partial charge in [0.1, 0.15) is 11.5 Å². The summed E-state index contributed by atoms with van der Waals surface area (Å²) in [5.74, 6) is 1.78. The summed E-state index contributed by atoms with van der Waals surface area (Å²) in [5.41, 5.74) is 11.6. The number of hydrogen-bond donors (Lipinski definition) is 2. The first kappa shape index (κ1) is 16.3. The molecular formula is C20H22N6. The summed E-state index contributed by atoms with van der Waals surface area (Å²) in [6.45, 7) is 11.1. The van der Waals surface area contributed by atoms with E-state index in [1.54, 1.807) is 18.5 Å². The van der Waals surface area contributed by atoms with Crippen LogP contribution < -0.4 is 11.1 Å². The molecule has 4 rings (SSSR count). The van der Waals surface area contributed by atoms with Crippen LogP contribution in [0.4, 0.5) is 17.2 Å². The molecule has 1 aromatic carbocycles. The van der Waals surface area contributed by atoms with Crippen LogP contribution in [0.15, 0.2) is 42.7 Å². The SMILES string of the molecule is C=Cc1nccnc1NC(C)c1cc(N)cc2c1N=C1CCCN1C2=C. The molecule has 3 heterocycles. The molecule has 1 atom stereocenters. The third-order valence-electron chi connectivity index (χ3n) is 4.87. The Hall–Kier alpha value is -3.15. The van der Waals surface area contributed by atoms with E-state index in [2.05, 4.69) is 40.3 Å². The van der Waals surface area contributed by atoms with Crippen LogP contribution in [0.5, 0.6) is 0 Å². The number of nitrogens with two attached hydrogens (primary N) is 1. The lowest BCUT2D eigenvalue weighted by Crippen LogP contribution is -2.26. The fourth-order valence-electron chi connectivity index (χ4n) is 3.59. The predicted molar refractivity (Wildman–Crippen MR) is 107 cm³/mol. The van der Waals surface area contributed by atoms with E-state index >= 15 is 0 Å². The molecule has 0 saturated carbocycles. The lowest BCUT2D eigenvalue weighted by molar-refractivity contribution is 0.625. The monoisotopic (exact) mass is 346 g/mol. The number of nitrogens with one attached hydrogen (secondary N) is 1. The Morgan fingerprint density at radius 3 is 2.92 bits per heavy atom. The number of amidine groups is 1. The van der Waals surface area contributed by atoms with Crippen LogP contribution in [-0.4, -0.2) is 27.2 Å². The van der Waals surface area contributed by atoms with E-state index < -0.39 is 0 Å². The highest BCUT2D eigenvalue weighted by Gasteiger charge is 2.30. The molecule has 2 aliphatic rings. The Morgan fingerprint density at radius 1 is 1.31 bits per heavy atom. The molecule has 1 aromatic heterocycles. The molecule has 1 saturated heterocycles. The maximum Gasteiger partial charge on any atom is 0.152 e. The topological polar surface area (TPSA) is 79.4 Å². The summed E-state index contributed by atoms with van der Waals surface area (Å²) in [5, 5.41) is 3.42. The molecule has 1 fully saturated rings. The number of rotatable bonds is 4. The number of anilines is 2. The first-order valence-corrected chi connectivity index (χ1v) is 8.76. The molecule has 26 heavy (non-hydrogen) atoms. The zero-order valence-corrected chi connectivity index (χ0v) is 14.9. The van der Waals surface area contributed by atoms with E-state index in [1.807, 2.05) is 12.1 Å². The van der Waals surface area contributed by atoms with Crippen molar-refractivity contribution in [3.63, 3.8) is 0 Å². The Labute approximate surface area is 153 Å². The van der Waals surface area contributed by atoms with Gasteiger partial charge in [0.05, 0.1) is 11.7 Å². The molecule has 6 nitrogen and oxygen atoms in total. The Morgan fingerprint density at radius 2 is 2.12 bits per heavy atom. The van der Waals surface area contributed by atoms with Crippen molar-refractivity contribution in [2.24, 2.45) is 4.99 Å². The minimum Gasteiger partial charge on any atom is -0.399 e. The van der Waals surface area contributed by atoms with E-state index in [0.29, 0.717) is 11.5 Å². The van der Waals surface area contributed by atoms with Crippen molar-refractivity contribution < 1.29 is 0 Å².